The maximum atomic E-state index is 15.0. The van der Waals surface area contributed by atoms with Crippen molar-refractivity contribution in [3.63, 3.8) is 0 Å². The number of rotatable bonds is 14. The van der Waals surface area contributed by atoms with Gasteiger partial charge in [-0.15, -0.1) is 0 Å². The van der Waals surface area contributed by atoms with Gasteiger partial charge in [0.05, 0.1) is 25.5 Å². The van der Waals surface area contributed by atoms with E-state index < -0.39 is 36.5 Å². The average molecular weight is 664 g/mol. The number of carbonyl (C=O) groups excluding carboxylic acids is 1. The number of nitrogen functional groups attached to an aromatic ring is 1. The summed E-state index contributed by atoms with van der Waals surface area (Å²) >= 11 is 6.07. The fourth-order valence-electron chi connectivity index (χ4n) is 4.14. The summed E-state index contributed by atoms with van der Waals surface area (Å²) in [6.45, 7) is 4.88. The van der Waals surface area contributed by atoms with Crippen LogP contribution in [0.5, 0.6) is 23.0 Å². The fourth-order valence-corrected chi connectivity index (χ4v) is 5.49. The van der Waals surface area contributed by atoms with Crippen LogP contribution >= 0.6 is 19.4 Å². The SMILES string of the molecule is CCOc1ccn(-c2ccc(F)c(OP(=O)(OCC)OCC)c2)c(=O)c1C(=O)Cc1ccc(Oc2ccnc(N)c2Cl)c(F)c1. The third-order valence-electron chi connectivity index (χ3n) is 6.07. The van der Waals surface area contributed by atoms with Gasteiger partial charge in [0.1, 0.15) is 22.2 Å². The second-order valence-corrected chi connectivity index (χ2v) is 11.1. The standard InChI is InChI=1S/C30H29ClF2N3O8P/c1-4-40-24-12-14-36(19-8-9-20(32)26(17-19)44-45(39,41-5-2)42-6-3)30(38)27(24)22(37)16-18-7-10-23(21(33)15-18)43-25-11-13-35-29(34)28(25)31/h7-15,17H,4-6,16H2,1-3H3,(H2,34,35). The first-order valence-corrected chi connectivity index (χ1v) is 15.5. The molecule has 15 heteroatoms. The average Bonchev–Trinajstić information content (AvgIpc) is 2.98. The predicted octanol–water partition coefficient (Wildman–Crippen LogP) is 6.92. The first-order valence-electron chi connectivity index (χ1n) is 13.7. The topological polar surface area (TPSA) is 141 Å². The van der Waals surface area contributed by atoms with Crippen molar-refractivity contribution in [1.82, 2.24) is 9.55 Å². The number of anilines is 1. The van der Waals surface area contributed by atoms with E-state index in [1.165, 1.54) is 42.7 Å². The van der Waals surface area contributed by atoms with E-state index in [1.54, 1.807) is 20.8 Å². The molecule has 2 aromatic carbocycles. The van der Waals surface area contributed by atoms with Crippen LogP contribution in [-0.2, 0) is 20.0 Å². The highest BCUT2D eigenvalue weighted by atomic mass is 35.5. The molecule has 0 bridgehead atoms. The molecule has 2 aromatic heterocycles. The van der Waals surface area contributed by atoms with Crippen molar-refractivity contribution < 1.29 is 41.2 Å². The molecule has 0 saturated carbocycles. The van der Waals surface area contributed by atoms with Gasteiger partial charge in [-0.05, 0) is 56.7 Å². The Bertz CT molecular complexity index is 1810. The number of Topliss-reactive ketones (excluding diaryl/α,β-unsaturated/α-hetero) is 1. The van der Waals surface area contributed by atoms with E-state index in [-0.39, 0.29) is 71.1 Å². The number of nitrogens with two attached hydrogens (primary N) is 1. The Morgan fingerprint density at radius 1 is 0.933 bits per heavy atom. The lowest BCUT2D eigenvalue weighted by atomic mass is 10.0. The molecule has 2 heterocycles. The van der Waals surface area contributed by atoms with Crippen LogP contribution in [0.2, 0.25) is 5.02 Å². The molecule has 0 unspecified atom stereocenters. The van der Waals surface area contributed by atoms with E-state index >= 15 is 0 Å². The van der Waals surface area contributed by atoms with Gasteiger partial charge in [0.25, 0.3) is 5.56 Å². The highest BCUT2D eigenvalue weighted by Crippen LogP contribution is 2.50. The Morgan fingerprint density at radius 2 is 1.67 bits per heavy atom. The maximum Gasteiger partial charge on any atom is 0.530 e. The molecule has 0 aliphatic rings. The Morgan fingerprint density at radius 3 is 2.33 bits per heavy atom. The molecule has 0 spiro atoms. The molecule has 238 valence electrons. The normalized spacial score (nSPS) is 11.3. The second-order valence-electron chi connectivity index (χ2n) is 9.13. The largest absolute Gasteiger partial charge is 0.530 e. The first-order chi connectivity index (χ1) is 21.5. The number of ether oxygens (including phenoxy) is 2. The number of ketones is 1. The number of phosphoric ester groups is 1. The molecule has 0 radical (unpaired) electrons. The van der Waals surface area contributed by atoms with Crippen molar-refractivity contribution in [2.24, 2.45) is 0 Å². The van der Waals surface area contributed by atoms with E-state index in [0.717, 1.165) is 22.8 Å². The van der Waals surface area contributed by atoms with Crippen LogP contribution in [0.4, 0.5) is 14.6 Å². The molecule has 11 nitrogen and oxygen atoms in total. The summed E-state index contributed by atoms with van der Waals surface area (Å²) in [5.74, 6) is -2.93. The van der Waals surface area contributed by atoms with Gasteiger partial charge >= 0.3 is 7.82 Å². The van der Waals surface area contributed by atoms with Crippen LogP contribution < -0.4 is 25.3 Å². The minimum absolute atomic E-state index is 0.00451. The summed E-state index contributed by atoms with van der Waals surface area (Å²) in [5.41, 5.74) is 4.86. The number of carbonyl (C=O) groups is 1. The Hall–Kier alpha value is -4.29. The van der Waals surface area contributed by atoms with Crippen LogP contribution in [0.15, 0.2) is 65.7 Å². The van der Waals surface area contributed by atoms with Crippen molar-refractivity contribution in [3.05, 3.63) is 99.1 Å². The molecule has 0 aliphatic heterocycles. The van der Waals surface area contributed by atoms with Gasteiger partial charge in [0.15, 0.2) is 34.7 Å². The van der Waals surface area contributed by atoms with Gasteiger partial charge in [-0.1, -0.05) is 17.7 Å². The quantitative estimate of drug-likeness (QED) is 0.112. The number of hydrogen-bond acceptors (Lipinski definition) is 10. The van der Waals surface area contributed by atoms with Crippen LogP contribution in [0, 0.1) is 11.6 Å². The third kappa shape index (κ3) is 7.87. The predicted molar refractivity (Wildman–Crippen MR) is 163 cm³/mol. The molecule has 0 aliphatic carbocycles. The number of benzene rings is 2. The molecule has 0 fully saturated rings. The molecule has 2 N–H and O–H groups in total. The summed E-state index contributed by atoms with van der Waals surface area (Å²) in [4.78, 5) is 31.0. The Balaban J connectivity index is 1.65. The summed E-state index contributed by atoms with van der Waals surface area (Å²) < 4.78 is 70.0. The fraction of sp³-hybridized carbons (Fsp3) is 0.233. The lowest BCUT2D eigenvalue weighted by Gasteiger charge is -2.18. The molecule has 4 rings (SSSR count). The number of phosphoric acid groups is 1. The van der Waals surface area contributed by atoms with E-state index in [4.69, 9.17) is 40.4 Å². The second kappa shape index (κ2) is 14.7. The van der Waals surface area contributed by atoms with Gasteiger partial charge in [-0.3, -0.25) is 23.2 Å². The van der Waals surface area contributed by atoms with Gasteiger partial charge in [0, 0.05) is 30.9 Å². The Kier molecular flexibility index (Phi) is 10.9. The van der Waals surface area contributed by atoms with Crippen LogP contribution in [0.25, 0.3) is 5.69 Å². The van der Waals surface area contributed by atoms with Crippen molar-refractivity contribution in [2.45, 2.75) is 27.2 Å². The summed E-state index contributed by atoms with van der Waals surface area (Å²) in [5, 5.41) is 0.0115. The highest BCUT2D eigenvalue weighted by Gasteiger charge is 2.29. The zero-order chi connectivity index (χ0) is 32.7. The van der Waals surface area contributed by atoms with E-state index in [9.17, 15) is 22.9 Å². The monoisotopic (exact) mass is 663 g/mol. The molecule has 0 saturated heterocycles. The zero-order valence-corrected chi connectivity index (χ0v) is 26.1. The van der Waals surface area contributed by atoms with E-state index in [1.807, 2.05) is 0 Å². The van der Waals surface area contributed by atoms with Crippen molar-refractivity contribution in [3.8, 4) is 28.7 Å². The van der Waals surface area contributed by atoms with Crippen LogP contribution in [-0.4, -0.2) is 35.2 Å². The van der Waals surface area contributed by atoms with Gasteiger partial charge < -0.3 is 19.7 Å². The lowest BCUT2D eigenvalue weighted by molar-refractivity contribution is 0.0987. The van der Waals surface area contributed by atoms with Gasteiger partial charge in [-0.2, -0.15) is 0 Å². The number of halogens is 3. The van der Waals surface area contributed by atoms with E-state index in [0.29, 0.717) is 0 Å². The third-order valence-corrected chi connectivity index (χ3v) is 8.02. The summed E-state index contributed by atoms with van der Waals surface area (Å²) in [6.07, 6.45) is 2.31. The molecular weight excluding hydrogens is 635 g/mol. The zero-order valence-electron chi connectivity index (χ0n) is 24.4. The van der Waals surface area contributed by atoms with Gasteiger partial charge in [0.2, 0.25) is 0 Å². The van der Waals surface area contributed by atoms with Crippen LogP contribution in [0.1, 0.15) is 36.7 Å². The lowest BCUT2D eigenvalue weighted by Crippen LogP contribution is -2.27. The molecular formula is C30H29ClF2N3O8P. The maximum absolute atomic E-state index is 15.0. The number of pyridine rings is 2. The summed E-state index contributed by atoms with van der Waals surface area (Å²) in [7, 11) is -4.16. The summed E-state index contributed by atoms with van der Waals surface area (Å²) in [6, 6.07) is 10.0. The minimum atomic E-state index is -4.16. The number of nitrogens with zero attached hydrogens (tertiary/aromatic N) is 2. The highest BCUT2D eigenvalue weighted by molar-refractivity contribution is 7.48. The number of hydrogen-bond donors (Lipinski definition) is 1. The smallest absolute Gasteiger partial charge is 0.493 e. The minimum Gasteiger partial charge on any atom is -0.493 e. The van der Waals surface area contributed by atoms with Gasteiger partial charge in [-0.25, -0.2) is 18.3 Å². The van der Waals surface area contributed by atoms with Crippen molar-refractivity contribution >= 4 is 31.0 Å². The molecule has 0 amide bonds. The first kappa shape index (κ1) is 33.6. The molecule has 45 heavy (non-hydrogen) atoms. The molecule has 0 atom stereocenters. The van der Waals surface area contributed by atoms with Crippen molar-refractivity contribution in [2.75, 3.05) is 25.6 Å². The molecule has 4 aromatic rings. The van der Waals surface area contributed by atoms with E-state index in [2.05, 4.69) is 4.98 Å². The number of aromatic nitrogens is 2. The van der Waals surface area contributed by atoms with Crippen LogP contribution in [0.3, 0.4) is 0 Å². The van der Waals surface area contributed by atoms with Crippen molar-refractivity contribution in [1.29, 1.82) is 0 Å². The Labute approximate surface area is 262 Å².